The molecule has 1 heterocycles. The van der Waals surface area contributed by atoms with E-state index in [4.69, 9.17) is 13.9 Å². The van der Waals surface area contributed by atoms with Crippen LogP contribution in [0.25, 0.3) is 0 Å². The van der Waals surface area contributed by atoms with Gasteiger partial charge in [-0.15, -0.1) is 0 Å². The van der Waals surface area contributed by atoms with Gasteiger partial charge in [-0.05, 0) is 6.92 Å². The van der Waals surface area contributed by atoms with Gasteiger partial charge in [0, 0.05) is 25.6 Å². The Bertz CT molecular complexity index is 466. The Hall–Kier alpha value is -1.60. The van der Waals surface area contributed by atoms with Gasteiger partial charge in [0.25, 0.3) is 0 Å². The Kier molecular flexibility index (Phi) is 8.65. The van der Waals surface area contributed by atoms with Crippen molar-refractivity contribution in [1.29, 1.82) is 0 Å². The lowest BCUT2D eigenvalue weighted by Gasteiger charge is -2.13. The van der Waals surface area contributed by atoms with Crippen LogP contribution < -0.4 is 10.6 Å². The number of aliphatic imine (C=N–C) groups is 1. The number of nitrogens with one attached hydrogen (secondary N) is 2. The predicted molar refractivity (Wildman–Crippen MR) is 90.7 cm³/mol. The zero-order chi connectivity index (χ0) is 17.1. The van der Waals surface area contributed by atoms with E-state index in [0.717, 1.165) is 18.3 Å². The Balaban J connectivity index is 2.43. The maximum absolute atomic E-state index is 5.73. The topological polar surface area (TPSA) is 80.9 Å². The molecule has 7 heteroatoms. The van der Waals surface area contributed by atoms with E-state index in [2.05, 4.69) is 41.4 Å². The van der Waals surface area contributed by atoms with E-state index in [0.29, 0.717) is 38.8 Å². The van der Waals surface area contributed by atoms with Gasteiger partial charge in [0.2, 0.25) is 5.89 Å². The third kappa shape index (κ3) is 7.99. The smallest absolute Gasteiger partial charge is 0.216 e. The molecule has 23 heavy (non-hydrogen) atoms. The van der Waals surface area contributed by atoms with Crippen molar-refractivity contribution in [2.75, 3.05) is 40.0 Å². The van der Waals surface area contributed by atoms with E-state index in [9.17, 15) is 0 Å². The molecule has 2 N–H and O–H groups in total. The van der Waals surface area contributed by atoms with Gasteiger partial charge in [-0.25, -0.2) is 9.98 Å². The van der Waals surface area contributed by atoms with Gasteiger partial charge in [-0.3, -0.25) is 0 Å². The molecule has 0 unspecified atom stereocenters. The van der Waals surface area contributed by atoms with Crippen LogP contribution in [-0.2, 0) is 21.4 Å². The fourth-order valence-electron chi connectivity index (χ4n) is 1.70. The fourth-order valence-corrected chi connectivity index (χ4v) is 1.70. The monoisotopic (exact) mass is 326 g/mol. The van der Waals surface area contributed by atoms with E-state index in [-0.39, 0.29) is 5.41 Å². The summed E-state index contributed by atoms with van der Waals surface area (Å²) < 4.78 is 16.1. The van der Waals surface area contributed by atoms with Crippen molar-refractivity contribution in [3.8, 4) is 0 Å². The van der Waals surface area contributed by atoms with Gasteiger partial charge < -0.3 is 24.5 Å². The number of hydrogen-bond donors (Lipinski definition) is 2. The maximum Gasteiger partial charge on any atom is 0.216 e. The molecule has 1 rings (SSSR count). The van der Waals surface area contributed by atoms with E-state index in [1.165, 1.54) is 0 Å². The van der Waals surface area contributed by atoms with Crippen LogP contribution in [-0.4, -0.2) is 51.0 Å². The zero-order valence-electron chi connectivity index (χ0n) is 14.9. The first-order chi connectivity index (χ1) is 11.0. The van der Waals surface area contributed by atoms with Crippen LogP contribution in [0.3, 0.4) is 0 Å². The Morgan fingerprint density at radius 3 is 2.65 bits per heavy atom. The minimum atomic E-state index is -0.0444. The number of aromatic nitrogens is 1. The summed E-state index contributed by atoms with van der Waals surface area (Å²) in [4.78, 5) is 8.75. The Labute approximate surface area is 138 Å². The summed E-state index contributed by atoms with van der Waals surface area (Å²) in [6.07, 6.45) is 1.77. The normalized spacial score (nSPS) is 12.5. The summed E-state index contributed by atoms with van der Waals surface area (Å²) in [7, 11) is 1.66. The molecular weight excluding hydrogens is 296 g/mol. The van der Waals surface area contributed by atoms with Crippen molar-refractivity contribution in [3.63, 3.8) is 0 Å². The summed E-state index contributed by atoms with van der Waals surface area (Å²) >= 11 is 0. The lowest BCUT2D eigenvalue weighted by molar-refractivity contribution is 0.0733. The van der Waals surface area contributed by atoms with E-state index in [1.807, 2.05) is 6.92 Å². The largest absolute Gasteiger partial charge is 0.443 e. The van der Waals surface area contributed by atoms with Crippen molar-refractivity contribution < 1.29 is 13.9 Å². The highest BCUT2D eigenvalue weighted by molar-refractivity contribution is 5.79. The van der Waals surface area contributed by atoms with Crippen LogP contribution in [0.15, 0.2) is 15.6 Å². The number of rotatable bonds is 9. The molecule has 7 nitrogen and oxygen atoms in total. The molecule has 0 aromatic carbocycles. The van der Waals surface area contributed by atoms with Crippen LogP contribution in [0.2, 0.25) is 0 Å². The molecule has 132 valence electrons. The average molecular weight is 326 g/mol. The quantitative estimate of drug-likeness (QED) is 0.408. The first kappa shape index (κ1) is 19.4. The first-order valence-electron chi connectivity index (χ1n) is 8.01. The number of ether oxygens (including phenoxy) is 2. The lowest BCUT2D eigenvalue weighted by Crippen LogP contribution is -2.39. The maximum atomic E-state index is 5.73. The summed E-state index contributed by atoms with van der Waals surface area (Å²) in [5.74, 6) is 2.20. The van der Waals surface area contributed by atoms with Gasteiger partial charge in [-0.2, -0.15) is 0 Å². The van der Waals surface area contributed by atoms with E-state index >= 15 is 0 Å². The molecule has 0 spiro atoms. The fraction of sp³-hybridized carbons (Fsp3) is 0.750. The van der Waals surface area contributed by atoms with Crippen molar-refractivity contribution in [1.82, 2.24) is 15.6 Å². The molecule has 0 bridgehead atoms. The van der Waals surface area contributed by atoms with E-state index in [1.54, 1.807) is 13.3 Å². The van der Waals surface area contributed by atoms with Crippen molar-refractivity contribution >= 4 is 5.96 Å². The highest BCUT2D eigenvalue weighted by atomic mass is 16.5. The number of oxazole rings is 1. The van der Waals surface area contributed by atoms with Crippen LogP contribution in [0.1, 0.15) is 39.3 Å². The average Bonchev–Trinajstić information content (AvgIpc) is 2.97. The van der Waals surface area contributed by atoms with Gasteiger partial charge in [0.1, 0.15) is 12.3 Å². The molecule has 0 aliphatic heterocycles. The molecule has 0 aliphatic carbocycles. The number of methoxy groups -OCH3 is 1. The van der Waals surface area contributed by atoms with E-state index < -0.39 is 0 Å². The minimum absolute atomic E-state index is 0.0444. The number of guanidine groups is 1. The second-order valence-electron chi connectivity index (χ2n) is 6.10. The standard InChI is InChI=1S/C16H30N4O3/c1-6-17-15(18-7-8-22-10-9-21-5)20-12-14-19-11-13(23-14)16(2,3)4/h11H,6-10,12H2,1-5H3,(H2,17,18,20). The predicted octanol–water partition coefficient (Wildman–Crippen LogP) is 1.69. The molecule has 0 aliphatic rings. The van der Waals surface area contributed by atoms with Crippen LogP contribution in [0.5, 0.6) is 0 Å². The zero-order valence-corrected chi connectivity index (χ0v) is 14.9. The minimum Gasteiger partial charge on any atom is -0.443 e. The third-order valence-electron chi connectivity index (χ3n) is 2.98. The lowest BCUT2D eigenvalue weighted by atomic mass is 9.94. The second kappa shape index (κ2) is 10.2. The Morgan fingerprint density at radius 1 is 1.26 bits per heavy atom. The van der Waals surface area contributed by atoms with Crippen LogP contribution in [0.4, 0.5) is 0 Å². The third-order valence-corrected chi connectivity index (χ3v) is 2.98. The van der Waals surface area contributed by atoms with Gasteiger partial charge >= 0.3 is 0 Å². The SMILES string of the molecule is CCNC(=NCc1ncc(C(C)(C)C)o1)NCCOCCOC. The van der Waals surface area contributed by atoms with Crippen LogP contribution in [0, 0.1) is 0 Å². The first-order valence-corrected chi connectivity index (χ1v) is 8.01. The Morgan fingerprint density at radius 2 is 2.04 bits per heavy atom. The summed E-state index contributed by atoms with van der Waals surface area (Å²) in [6, 6.07) is 0. The van der Waals surface area contributed by atoms with Crippen molar-refractivity contribution in [3.05, 3.63) is 17.8 Å². The van der Waals surface area contributed by atoms with Crippen molar-refractivity contribution in [2.45, 2.75) is 39.7 Å². The molecule has 1 aromatic rings. The number of nitrogens with zero attached hydrogens (tertiary/aromatic N) is 2. The highest BCUT2D eigenvalue weighted by Crippen LogP contribution is 2.22. The summed E-state index contributed by atoms with van der Waals surface area (Å²) in [5, 5.41) is 6.39. The molecule has 0 radical (unpaired) electrons. The van der Waals surface area contributed by atoms with Crippen LogP contribution >= 0.6 is 0 Å². The molecule has 1 aromatic heterocycles. The molecule has 0 saturated carbocycles. The molecule has 0 fully saturated rings. The van der Waals surface area contributed by atoms with Gasteiger partial charge in [0.05, 0.1) is 26.0 Å². The molecule has 0 saturated heterocycles. The highest BCUT2D eigenvalue weighted by Gasteiger charge is 2.18. The summed E-state index contributed by atoms with van der Waals surface area (Å²) in [6.45, 7) is 12.0. The molecule has 0 amide bonds. The van der Waals surface area contributed by atoms with Gasteiger partial charge in [0.15, 0.2) is 5.96 Å². The second-order valence-corrected chi connectivity index (χ2v) is 6.10. The summed E-state index contributed by atoms with van der Waals surface area (Å²) in [5.41, 5.74) is -0.0444. The van der Waals surface area contributed by atoms with Gasteiger partial charge in [-0.1, -0.05) is 20.8 Å². The molecule has 0 atom stereocenters. The molecular formula is C16H30N4O3. The van der Waals surface area contributed by atoms with Crippen molar-refractivity contribution in [2.24, 2.45) is 4.99 Å². The number of hydrogen-bond acceptors (Lipinski definition) is 5.